The second-order valence-electron chi connectivity index (χ2n) is 9.93. The van der Waals surface area contributed by atoms with Gasteiger partial charge in [-0.25, -0.2) is 19.2 Å². The van der Waals surface area contributed by atoms with Crippen molar-refractivity contribution < 1.29 is 18.4 Å². The molecule has 5 atom stereocenters. The van der Waals surface area contributed by atoms with Gasteiger partial charge in [0.2, 0.25) is 5.91 Å². The summed E-state index contributed by atoms with van der Waals surface area (Å²) in [6.45, 7) is 3.92. The van der Waals surface area contributed by atoms with Crippen molar-refractivity contribution >= 4 is 17.5 Å². The summed E-state index contributed by atoms with van der Waals surface area (Å²) in [4.78, 5) is 27.5. The Hall–Kier alpha value is -2.77. The number of amides is 2. The van der Waals surface area contributed by atoms with Crippen molar-refractivity contribution in [3.8, 4) is 6.07 Å². The number of hydrogen-bond acceptors (Lipinski definition) is 6. The maximum atomic E-state index is 14.2. The van der Waals surface area contributed by atoms with E-state index in [1.165, 1.54) is 0 Å². The smallest absolute Gasteiger partial charge is 0.254 e. The van der Waals surface area contributed by atoms with Crippen LogP contribution in [-0.2, 0) is 4.79 Å². The number of hydrazine groups is 1. The number of likely N-dealkylation sites (tertiary alicyclic amines) is 1. The number of nitrogens with one attached hydrogen (secondary N) is 3. The largest absolute Gasteiger partial charge is 0.368 e. The monoisotopic (exact) mass is 472 g/mol. The number of nitrogens with zero attached hydrogens (tertiary/aromatic N) is 3. The molecule has 4 aliphatic rings. The Kier molecular flexibility index (Phi) is 5.94. The van der Waals surface area contributed by atoms with Gasteiger partial charge in [0.25, 0.3) is 11.8 Å². The van der Waals surface area contributed by atoms with Gasteiger partial charge in [-0.1, -0.05) is 0 Å². The highest BCUT2D eigenvalue weighted by molar-refractivity contribution is 5.96. The molecule has 0 aromatic heterocycles. The summed E-state index contributed by atoms with van der Waals surface area (Å²) < 4.78 is 28.3. The first-order chi connectivity index (χ1) is 16.3. The van der Waals surface area contributed by atoms with E-state index in [1.54, 1.807) is 11.1 Å². The Morgan fingerprint density at radius 3 is 2.71 bits per heavy atom. The Balaban J connectivity index is 1.36. The number of fused-ring (bicyclic) bond motifs is 1. The highest BCUT2D eigenvalue weighted by Gasteiger charge is 2.56. The van der Waals surface area contributed by atoms with E-state index in [0.29, 0.717) is 18.5 Å². The van der Waals surface area contributed by atoms with E-state index < -0.39 is 42.8 Å². The lowest BCUT2D eigenvalue weighted by Crippen LogP contribution is -2.52. The van der Waals surface area contributed by atoms with Crippen LogP contribution in [0.5, 0.6) is 0 Å². The Bertz CT molecular complexity index is 1020. The summed E-state index contributed by atoms with van der Waals surface area (Å²) in [5, 5.41) is 17.5. The minimum Gasteiger partial charge on any atom is -0.368 e. The third-order valence-electron chi connectivity index (χ3n) is 7.65. The van der Waals surface area contributed by atoms with Crippen LogP contribution >= 0.6 is 0 Å². The van der Waals surface area contributed by atoms with E-state index in [0.717, 1.165) is 37.2 Å². The van der Waals surface area contributed by atoms with Gasteiger partial charge in [0, 0.05) is 55.8 Å². The summed E-state index contributed by atoms with van der Waals surface area (Å²) in [7, 11) is 0. The summed E-state index contributed by atoms with van der Waals surface area (Å²) in [5.41, 5.74) is 5.49. The van der Waals surface area contributed by atoms with Crippen molar-refractivity contribution in [2.75, 3.05) is 25.0 Å². The van der Waals surface area contributed by atoms with Gasteiger partial charge in [0.15, 0.2) is 0 Å². The third-order valence-corrected chi connectivity index (χ3v) is 7.65. The maximum Gasteiger partial charge on any atom is 0.254 e. The van der Waals surface area contributed by atoms with Crippen LogP contribution in [0.15, 0.2) is 18.2 Å². The Morgan fingerprint density at radius 2 is 2.00 bits per heavy atom. The molecule has 5 rings (SSSR count). The molecule has 10 heteroatoms. The van der Waals surface area contributed by atoms with Gasteiger partial charge in [-0.05, 0) is 49.9 Å². The number of anilines is 1. The van der Waals surface area contributed by atoms with Crippen molar-refractivity contribution in [3.63, 3.8) is 0 Å². The van der Waals surface area contributed by atoms with E-state index in [9.17, 15) is 23.6 Å². The molecule has 2 amide bonds. The fraction of sp³-hybridized carbons (Fsp3) is 0.625. The van der Waals surface area contributed by atoms with Crippen LogP contribution in [0.4, 0.5) is 14.5 Å². The molecule has 0 spiro atoms. The number of nitriles is 1. The topological polar surface area (TPSA) is 100 Å². The first-order valence-corrected chi connectivity index (χ1v) is 12.0. The number of carbonyl (C=O) groups is 2. The summed E-state index contributed by atoms with van der Waals surface area (Å²) in [6.07, 6.45) is 1.29. The number of halogens is 2. The first-order valence-electron chi connectivity index (χ1n) is 12.0. The molecule has 182 valence electrons. The van der Waals surface area contributed by atoms with Gasteiger partial charge in [-0.15, -0.1) is 0 Å². The van der Waals surface area contributed by atoms with Gasteiger partial charge >= 0.3 is 0 Å². The molecular weight excluding hydrogens is 442 g/mol. The molecule has 1 saturated carbocycles. The van der Waals surface area contributed by atoms with Crippen molar-refractivity contribution in [2.24, 2.45) is 11.8 Å². The van der Waals surface area contributed by atoms with Crippen LogP contribution in [0.25, 0.3) is 0 Å². The zero-order valence-corrected chi connectivity index (χ0v) is 19.2. The summed E-state index contributed by atoms with van der Waals surface area (Å²) in [6, 6.07) is 6.60. The molecule has 0 bridgehead atoms. The lowest BCUT2D eigenvalue weighted by atomic mass is 9.90. The molecule has 3 aliphatic heterocycles. The lowest BCUT2D eigenvalue weighted by molar-refractivity contribution is -0.128. The molecule has 3 N–H and O–H groups in total. The average molecular weight is 473 g/mol. The summed E-state index contributed by atoms with van der Waals surface area (Å²) >= 11 is 0. The second-order valence-corrected chi connectivity index (χ2v) is 9.93. The second kappa shape index (κ2) is 8.78. The highest BCUT2D eigenvalue weighted by Crippen LogP contribution is 2.44. The van der Waals surface area contributed by atoms with E-state index in [-0.39, 0.29) is 17.9 Å². The Morgan fingerprint density at radius 1 is 1.24 bits per heavy atom. The molecule has 3 unspecified atom stereocenters. The minimum absolute atomic E-state index is 0.0307. The standard InChI is InChI=1S/C24H30F2N6O2/c1-14-10-16(4-5-17(14)23(34)31-8-2-3-9-31)29-21-20-18(6-7-28-22(20)33)32(30-21)19-12-24(25,26)11-15(19)13-27/h4-5,10,15,18-21,29-30H,2-3,6-9,11-12H2,1H3,(H,28,33)/t15-,18?,19+,20?,21?/m0/s1. The molecule has 1 aliphatic carbocycles. The van der Waals surface area contributed by atoms with Crippen molar-refractivity contribution in [3.05, 3.63) is 29.3 Å². The lowest BCUT2D eigenvalue weighted by Gasteiger charge is -2.34. The third kappa shape index (κ3) is 4.12. The number of carbonyl (C=O) groups excluding carboxylic acids is 2. The zero-order chi connectivity index (χ0) is 24.0. The van der Waals surface area contributed by atoms with Crippen LogP contribution in [0.1, 0.15) is 48.0 Å². The average Bonchev–Trinajstić information content (AvgIpc) is 3.51. The van der Waals surface area contributed by atoms with Gasteiger partial charge in [-0.3, -0.25) is 9.59 Å². The number of aryl methyl sites for hydroxylation is 1. The zero-order valence-electron chi connectivity index (χ0n) is 19.2. The first kappa shape index (κ1) is 23.0. The minimum atomic E-state index is -2.89. The number of benzene rings is 1. The molecule has 34 heavy (non-hydrogen) atoms. The van der Waals surface area contributed by atoms with Gasteiger partial charge in [0.1, 0.15) is 6.17 Å². The number of rotatable bonds is 4. The fourth-order valence-corrected chi connectivity index (χ4v) is 5.98. The SMILES string of the molecule is Cc1cc(NC2NN([C@@H]3CC(F)(F)C[C@H]3C#N)C3CCNC(=O)C23)ccc1C(=O)N1CCCC1. The van der Waals surface area contributed by atoms with Crippen LogP contribution < -0.4 is 16.1 Å². The predicted octanol–water partition coefficient (Wildman–Crippen LogP) is 2.23. The van der Waals surface area contributed by atoms with Gasteiger partial charge < -0.3 is 15.5 Å². The van der Waals surface area contributed by atoms with Crippen LogP contribution in [-0.4, -0.2) is 65.5 Å². The van der Waals surface area contributed by atoms with E-state index in [2.05, 4.69) is 16.1 Å². The van der Waals surface area contributed by atoms with E-state index in [4.69, 9.17) is 0 Å². The quantitative estimate of drug-likeness (QED) is 0.622. The van der Waals surface area contributed by atoms with Crippen LogP contribution in [0.3, 0.4) is 0 Å². The molecule has 3 saturated heterocycles. The van der Waals surface area contributed by atoms with Crippen molar-refractivity contribution in [2.45, 2.75) is 63.2 Å². The molecule has 0 radical (unpaired) electrons. The maximum absolute atomic E-state index is 14.2. The van der Waals surface area contributed by atoms with Gasteiger partial charge in [0.05, 0.1) is 17.9 Å². The highest BCUT2D eigenvalue weighted by atomic mass is 19.3. The Labute approximate surface area is 197 Å². The molecule has 3 heterocycles. The van der Waals surface area contributed by atoms with E-state index >= 15 is 0 Å². The van der Waals surface area contributed by atoms with E-state index in [1.807, 2.05) is 30.0 Å². The predicted molar refractivity (Wildman–Crippen MR) is 121 cm³/mol. The number of hydrogen-bond donors (Lipinski definition) is 3. The normalized spacial score (nSPS) is 32.8. The van der Waals surface area contributed by atoms with Crippen LogP contribution in [0.2, 0.25) is 0 Å². The van der Waals surface area contributed by atoms with Crippen molar-refractivity contribution in [1.82, 2.24) is 20.7 Å². The van der Waals surface area contributed by atoms with Crippen molar-refractivity contribution in [1.29, 1.82) is 5.26 Å². The summed E-state index contributed by atoms with van der Waals surface area (Å²) in [5.74, 6) is -4.29. The number of alkyl halides is 2. The number of piperidine rings is 1. The molecular formula is C24H30F2N6O2. The molecule has 8 nitrogen and oxygen atoms in total. The fourth-order valence-electron chi connectivity index (χ4n) is 5.98. The van der Waals surface area contributed by atoms with Gasteiger partial charge in [-0.2, -0.15) is 5.26 Å². The molecule has 1 aromatic carbocycles. The molecule has 1 aromatic rings. The van der Waals surface area contributed by atoms with Crippen LogP contribution in [0, 0.1) is 30.1 Å². The molecule has 4 fully saturated rings.